The Bertz CT molecular complexity index is 395. The van der Waals surface area contributed by atoms with Gasteiger partial charge in [0.15, 0.2) is 0 Å². The molecule has 0 bridgehead atoms. The van der Waals surface area contributed by atoms with Gasteiger partial charge in [-0.25, -0.2) is 0 Å². The average molecular weight is 222 g/mol. The number of azide groups is 1. The molecule has 3 nitrogen and oxygen atoms in total. The summed E-state index contributed by atoms with van der Waals surface area (Å²) >= 11 is 6.03. The van der Waals surface area contributed by atoms with E-state index in [1.54, 1.807) is 6.07 Å². The second-order valence-electron chi connectivity index (χ2n) is 3.05. The number of allylic oxidation sites excluding steroid dienone is 1. The summed E-state index contributed by atoms with van der Waals surface area (Å²) in [5.74, 6) is 0. The molecule has 0 heterocycles. The molecule has 1 aromatic rings. The molecular formula is C11H12ClN3. The van der Waals surface area contributed by atoms with Crippen LogP contribution in [0.25, 0.3) is 10.4 Å². The molecule has 1 atom stereocenters. The molecule has 0 aromatic heterocycles. The fourth-order valence-corrected chi connectivity index (χ4v) is 1.57. The molecule has 15 heavy (non-hydrogen) atoms. The summed E-state index contributed by atoms with van der Waals surface area (Å²) < 4.78 is 0. The predicted molar refractivity (Wildman–Crippen MR) is 62.8 cm³/mol. The van der Waals surface area contributed by atoms with Gasteiger partial charge in [0.25, 0.3) is 0 Å². The third-order valence-electron chi connectivity index (χ3n) is 2.05. The van der Waals surface area contributed by atoms with Gasteiger partial charge in [-0.2, -0.15) is 0 Å². The van der Waals surface area contributed by atoms with E-state index in [9.17, 15) is 0 Å². The van der Waals surface area contributed by atoms with Crippen LogP contribution in [-0.4, -0.2) is 0 Å². The Morgan fingerprint density at radius 1 is 1.53 bits per heavy atom. The van der Waals surface area contributed by atoms with E-state index < -0.39 is 0 Å². The fourth-order valence-electron chi connectivity index (χ4n) is 1.31. The summed E-state index contributed by atoms with van der Waals surface area (Å²) in [7, 11) is 0. The lowest BCUT2D eigenvalue weighted by atomic mass is 10.0. The highest BCUT2D eigenvalue weighted by atomic mass is 35.5. The van der Waals surface area contributed by atoms with Crippen molar-refractivity contribution in [3.63, 3.8) is 0 Å². The van der Waals surface area contributed by atoms with Gasteiger partial charge in [-0.05, 0) is 30.5 Å². The summed E-state index contributed by atoms with van der Waals surface area (Å²) in [6.45, 7) is 1.93. The van der Waals surface area contributed by atoms with E-state index in [1.165, 1.54) is 0 Å². The standard InChI is InChI=1S/C11H12ClN3/c1-2-3-8-11(14-15-13)9-6-4-5-7-10(9)12/h2-7,11H,8H2,1H3/t11-/m0/s1. The molecule has 0 N–H and O–H groups in total. The lowest BCUT2D eigenvalue weighted by Gasteiger charge is -2.10. The lowest BCUT2D eigenvalue weighted by Crippen LogP contribution is -1.93. The molecule has 1 rings (SSSR count). The van der Waals surface area contributed by atoms with Gasteiger partial charge in [-0.15, -0.1) is 0 Å². The largest absolute Gasteiger partial charge is 0.0916 e. The van der Waals surface area contributed by atoms with Gasteiger partial charge < -0.3 is 0 Å². The lowest BCUT2D eigenvalue weighted by molar-refractivity contribution is 0.733. The summed E-state index contributed by atoms with van der Waals surface area (Å²) in [6.07, 6.45) is 4.56. The first kappa shape index (κ1) is 11.6. The second-order valence-corrected chi connectivity index (χ2v) is 3.45. The number of rotatable bonds is 4. The summed E-state index contributed by atoms with van der Waals surface area (Å²) in [6, 6.07) is 7.20. The predicted octanol–water partition coefficient (Wildman–Crippen LogP) is 4.66. The molecule has 0 fully saturated rings. The van der Waals surface area contributed by atoms with Crippen molar-refractivity contribution < 1.29 is 0 Å². The van der Waals surface area contributed by atoms with Crippen LogP contribution >= 0.6 is 11.6 Å². The first-order valence-corrected chi connectivity index (χ1v) is 5.07. The van der Waals surface area contributed by atoms with Crippen LogP contribution in [0.5, 0.6) is 0 Å². The normalized spacial score (nSPS) is 12.4. The first-order chi connectivity index (χ1) is 7.29. The van der Waals surface area contributed by atoms with Gasteiger partial charge >= 0.3 is 0 Å². The van der Waals surface area contributed by atoms with E-state index >= 15 is 0 Å². The number of benzene rings is 1. The van der Waals surface area contributed by atoms with Crippen LogP contribution in [0.3, 0.4) is 0 Å². The Labute approximate surface area is 94.0 Å². The molecule has 0 saturated carbocycles. The number of nitrogens with zero attached hydrogens (tertiary/aromatic N) is 3. The van der Waals surface area contributed by atoms with Crippen LogP contribution in [0.2, 0.25) is 5.02 Å². The van der Waals surface area contributed by atoms with Crippen LogP contribution in [0.1, 0.15) is 24.9 Å². The minimum Gasteiger partial charge on any atom is -0.0916 e. The van der Waals surface area contributed by atoms with E-state index in [0.29, 0.717) is 11.4 Å². The Morgan fingerprint density at radius 2 is 2.27 bits per heavy atom. The van der Waals surface area contributed by atoms with Gasteiger partial charge in [0, 0.05) is 9.93 Å². The van der Waals surface area contributed by atoms with E-state index in [-0.39, 0.29) is 6.04 Å². The van der Waals surface area contributed by atoms with E-state index in [4.69, 9.17) is 17.1 Å². The summed E-state index contributed by atoms with van der Waals surface area (Å²) in [5.41, 5.74) is 9.35. The van der Waals surface area contributed by atoms with Crippen molar-refractivity contribution in [2.45, 2.75) is 19.4 Å². The molecule has 0 aliphatic carbocycles. The number of hydrogen-bond donors (Lipinski definition) is 0. The maximum Gasteiger partial charge on any atom is 0.0674 e. The fraction of sp³-hybridized carbons (Fsp3) is 0.273. The smallest absolute Gasteiger partial charge is 0.0674 e. The Hall–Kier alpha value is -1.44. The molecule has 4 heteroatoms. The van der Waals surface area contributed by atoms with Gasteiger partial charge in [0.2, 0.25) is 0 Å². The van der Waals surface area contributed by atoms with Crippen LogP contribution < -0.4 is 0 Å². The third-order valence-corrected chi connectivity index (χ3v) is 2.39. The van der Waals surface area contributed by atoms with Crippen molar-refractivity contribution in [1.82, 2.24) is 0 Å². The van der Waals surface area contributed by atoms with Crippen molar-refractivity contribution in [2.75, 3.05) is 0 Å². The first-order valence-electron chi connectivity index (χ1n) is 4.69. The Morgan fingerprint density at radius 3 is 2.87 bits per heavy atom. The van der Waals surface area contributed by atoms with Crippen LogP contribution in [-0.2, 0) is 0 Å². The molecular weight excluding hydrogens is 210 g/mol. The van der Waals surface area contributed by atoms with Crippen molar-refractivity contribution in [1.29, 1.82) is 0 Å². The maximum absolute atomic E-state index is 8.48. The number of halogens is 1. The van der Waals surface area contributed by atoms with E-state index in [0.717, 1.165) is 5.56 Å². The van der Waals surface area contributed by atoms with Crippen LogP contribution in [0, 0.1) is 0 Å². The second kappa shape index (κ2) is 6.12. The third kappa shape index (κ3) is 3.31. The molecule has 0 radical (unpaired) electrons. The van der Waals surface area contributed by atoms with Crippen molar-refractivity contribution in [3.8, 4) is 0 Å². The quantitative estimate of drug-likeness (QED) is 0.307. The Kier molecular flexibility index (Phi) is 4.75. The molecule has 0 unspecified atom stereocenters. The topological polar surface area (TPSA) is 48.8 Å². The molecule has 1 aromatic carbocycles. The van der Waals surface area contributed by atoms with Crippen molar-refractivity contribution in [2.24, 2.45) is 5.11 Å². The molecule has 0 spiro atoms. The molecule has 0 aliphatic rings. The van der Waals surface area contributed by atoms with Gasteiger partial charge in [-0.1, -0.05) is 47.1 Å². The molecule has 0 saturated heterocycles. The minimum atomic E-state index is -0.222. The zero-order valence-corrected chi connectivity index (χ0v) is 9.22. The van der Waals surface area contributed by atoms with Crippen LogP contribution in [0.4, 0.5) is 0 Å². The SMILES string of the molecule is CC=CC[C@H](N=[N+]=[N-])c1ccccc1Cl. The van der Waals surface area contributed by atoms with Crippen molar-refractivity contribution in [3.05, 3.63) is 57.4 Å². The highest BCUT2D eigenvalue weighted by Crippen LogP contribution is 2.28. The van der Waals surface area contributed by atoms with Crippen molar-refractivity contribution >= 4 is 11.6 Å². The minimum absolute atomic E-state index is 0.222. The van der Waals surface area contributed by atoms with Crippen LogP contribution in [0.15, 0.2) is 41.5 Å². The highest BCUT2D eigenvalue weighted by Gasteiger charge is 2.10. The highest BCUT2D eigenvalue weighted by molar-refractivity contribution is 6.31. The monoisotopic (exact) mass is 221 g/mol. The van der Waals surface area contributed by atoms with Gasteiger partial charge in [0.05, 0.1) is 6.04 Å². The van der Waals surface area contributed by atoms with Gasteiger partial charge in [-0.3, -0.25) is 0 Å². The average Bonchev–Trinajstić information content (AvgIpc) is 2.25. The van der Waals surface area contributed by atoms with E-state index in [2.05, 4.69) is 10.0 Å². The Balaban J connectivity index is 2.98. The zero-order chi connectivity index (χ0) is 11.1. The summed E-state index contributed by atoms with van der Waals surface area (Å²) in [5, 5.41) is 4.38. The molecule has 0 amide bonds. The zero-order valence-electron chi connectivity index (χ0n) is 8.47. The maximum atomic E-state index is 8.48. The molecule has 78 valence electrons. The van der Waals surface area contributed by atoms with E-state index in [1.807, 2.05) is 37.3 Å². The molecule has 0 aliphatic heterocycles. The number of hydrogen-bond acceptors (Lipinski definition) is 1. The summed E-state index contributed by atoms with van der Waals surface area (Å²) in [4.78, 5) is 2.84. The van der Waals surface area contributed by atoms with Gasteiger partial charge in [0.1, 0.15) is 0 Å².